The van der Waals surface area contributed by atoms with Gasteiger partial charge < -0.3 is 10.3 Å². The van der Waals surface area contributed by atoms with Gasteiger partial charge in [0.25, 0.3) is 11.5 Å². The quantitative estimate of drug-likeness (QED) is 0.887. The van der Waals surface area contributed by atoms with Crippen molar-refractivity contribution in [2.24, 2.45) is 0 Å². The normalized spacial score (nSPS) is 20.5. The fraction of sp³-hybridized carbons (Fsp3) is 0.421. The number of aromatic amines is 1. The van der Waals surface area contributed by atoms with Gasteiger partial charge in [0.05, 0.1) is 0 Å². The van der Waals surface area contributed by atoms with E-state index in [9.17, 15) is 14.4 Å². The molecular weight excluding hydrogens is 336 g/mol. The largest absolute Gasteiger partial charge is 0.349 e. The van der Waals surface area contributed by atoms with E-state index in [0.29, 0.717) is 24.1 Å². The number of Topliss-reactive ketones (excluding diaryl/α,β-unsaturated/α-hetero) is 1. The molecule has 5 nitrogen and oxygen atoms in total. The zero-order chi connectivity index (χ0) is 17.4. The van der Waals surface area contributed by atoms with Crippen LogP contribution in [0.3, 0.4) is 0 Å². The number of H-pyrrole nitrogens is 1. The number of carbonyl (C=O) groups excluding carboxylic acids is 2. The minimum atomic E-state index is -0.408. The highest BCUT2D eigenvalue weighted by Gasteiger charge is 2.29. The van der Waals surface area contributed by atoms with E-state index in [1.807, 2.05) is 17.5 Å². The van der Waals surface area contributed by atoms with Crippen molar-refractivity contribution < 1.29 is 9.59 Å². The monoisotopic (exact) mass is 356 g/mol. The molecule has 0 spiro atoms. The summed E-state index contributed by atoms with van der Waals surface area (Å²) in [5.74, 6) is -0.274. The lowest BCUT2D eigenvalue weighted by molar-refractivity contribution is 0.0936. The first kappa shape index (κ1) is 16.3. The van der Waals surface area contributed by atoms with Gasteiger partial charge in [0.2, 0.25) is 0 Å². The molecule has 1 saturated carbocycles. The maximum atomic E-state index is 12.6. The number of ketones is 1. The number of aromatic nitrogens is 1. The first-order valence-electron chi connectivity index (χ1n) is 8.75. The molecule has 4 rings (SSSR count). The Labute approximate surface area is 149 Å². The predicted molar refractivity (Wildman–Crippen MR) is 96.5 cm³/mol. The molecule has 1 atom stereocenters. The van der Waals surface area contributed by atoms with Crippen LogP contribution >= 0.6 is 11.3 Å². The third kappa shape index (κ3) is 3.18. The van der Waals surface area contributed by atoms with Gasteiger partial charge >= 0.3 is 0 Å². The minimum Gasteiger partial charge on any atom is -0.349 e. The molecule has 0 radical (unpaired) electrons. The van der Waals surface area contributed by atoms with Crippen molar-refractivity contribution in [3.05, 3.63) is 55.6 Å². The third-order valence-electron chi connectivity index (χ3n) is 5.19. The zero-order valence-electron chi connectivity index (χ0n) is 13.8. The van der Waals surface area contributed by atoms with Gasteiger partial charge in [-0.15, -0.1) is 11.3 Å². The summed E-state index contributed by atoms with van der Waals surface area (Å²) in [6.45, 7) is 0. The van der Waals surface area contributed by atoms with Crippen LogP contribution in [0.2, 0.25) is 0 Å². The average Bonchev–Trinajstić information content (AvgIpc) is 3.27. The van der Waals surface area contributed by atoms with Crippen LogP contribution in [0, 0.1) is 0 Å². The van der Waals surface area contributed by atoms with E-state index in [1.54, 1.807) is 11.3 Å². The van der Waals surface area contributed by atoms with Crippen LogP contribution < -0.4 is 10.9 Å². The van der Waals surface area contributed by atoms with Gasteiger partial charge in [-0.2, -0.15) is 0 Å². The molecule has 2 aliphatic carbocycles. The summed E-state index contributed by atoms with van der Waals surface area (Å²) in [5.41, 5.74) is 0.781. The summed E-state index contributed by atoms with van der Waals surface area (Å²) in [7, 11) is 0. The standard InChI is InChI=1S/C19H20N2O3S/c22-16-9-11(17-6-3-7-25-17)8-15-13(16)10-14(19(24)21-15)18(23)20-12-4-1-2-5-12/h3,6-7,10-12H,1-2,4-5,8-9H2,(H,20,23)(H,21,24)/t11-/m1/s1. The molecule has 25 heavy (non-hydrogen) atoms. The van der Waals surface area contributed by atoms with Gasteiger partial charge in [-0.05, 0) is 36.8 Å². The molecule has 6 heteroatoms. The molecule has 130 valence electrons. The van der Waals surface area contributed by atoms with Crippen LogP contribution in [-0.4, -0.2) is 22.7 Å². The lowest BCUT2D eigenvalue weighted by Gasteiger charge is -2.23. The highest BCUT2D eigenvalue weighted by Crippen LogP contribution is 2.33. The van der Waals surface area contributed by atoms with E-state index in [0.717, 1.165) is 30.6 Å². The van der Waals surface area contributed by atoms with Gasteiger partial charge in [-0.3, -0.25) is 14.4 Å². The molecule has 1 amide bonds. The van der Waals surface area contributed by atoms with Gasteiger partial charge in [0.1, 0.15) is 5.56 Å². The van der Waals surface area contributed by atoms with E-state index < -0.39 is 5.56 Å². The Morgan fingerprint density at radius 1 is 1.20 bits per heavy atom. The van der Waals surface area contributed by atoms with Crippen molar-refractivity contribution in [2.45, 2.75) is 50.5 Å². The molecule has 0 saturated heterocycles. The molecule has 0 aliphatic heterocycles. The molecule has 2 N–H and O–H groups in total. The smallest absolute Gasteiger partial charge is 0.261 e. The average molecular weight is 356 g/mol. The number of carbonyl (C=O) groups is 2. The number of pyridine rings is 1. The molecule has 2 heterocycles. The Balaban J connectivity index is 1.61. The van der Waals surface area contributed by atoms with Crippen molar-refractivity contribution in [1.82, 2.24) is 10.3 Å². The molecule has 0 unspecified atom stereocenters. The molecule has 2 aromatic rings. The van der Waals surface area contributed by atoms with E-state index >= 15 is 0 Å². The zero-order valence-corrected chi connectivity index (χ0v) is 14.7. The van der Waals surface area contributed by atoms with Gasteiger partial charge in [0, 0.05) is 34.5 Å². The summed E-state index contributed by atoms with van der Waals surface area (Å²) in [5, 5.41) is 4.91. The Hall–Kier alpha value is -2.21. The number of rotatable bonds is 3. The fourth-order valence-electron chi connectivity index (χ4n) is 3.86. The second-order valence-corrected chi connectivity index (χ2v) is 7.88. The fourth-order valence-corrected chi connectivity index (χ4v) is 4.69. The van der Waals surface area contributed by atoms with Crippen LogP contribution in [0.15, 0.2) is 28.4 Å². The van der Waals surface area contributed by atoms with Crippen molar-refractivity contribution in [1.29, 1.82) is 0 Å². The second-order valence-electron chi connectivity index (χ2n) is 6.90. The number of nitrogens with one attached hydrogen (secondary N) is 2. The first-order chi connectivity index (χ1) is 12.1. The van der Waals surface area contributed by atoms with E-state index in [1.165, 1.54) is 6.07 Å². The number of amides is 1. The van der Waals surface area contributed by atoms with Crippen molar-refractivity contribution in [3.8, 4) is 0 Å². The van der Waals surface area contributed by atoms with E-state index in [2.05, 4.69) is 10.3 Å². The maximum Gasteiger partial charge on any atom is 0.261 e. The second kappa shape index (κ2) is 6.59. The highest BCUT2D eigenvalue weighted by molar-refractivity contribution is 7.10. The molecular formula is C19H20N2O3S. The van der Waals surface area contributed by atoms with Crippen molar-refractivity contribution in [3.63, 3.8) is 0 Å². The lowest BCUT2D eigenvalue weighted by atomic mass is 9.84. The molecule has 2 aliphatic rings. The summed E-state index contributed by atoms with van der Waals surface area (Å²) < 4.78 is 0. The number of hydrogen-bond acceptors (Lipinski definition) is 4. The van der Waals surface area contributed by atoms with E-state index in [4.69, 9.17) is 0 Å². The Bertz CT molecular complexity index is 863. The van der Waals surface area contributed by atoms with Gasteiger partial charge in [-0.25, -0.2) is 0 Å². The van der Waals surface area contributed by atoms with Crippen molar-refractivity contribution in [2.75, 3.05) is 0 Å². The number of thiophene rings is 1. The Kier molecular flexibility index (Phi) is 4.29. The SMILES string of the molecule is O=C1C[C@H](c2cccs2)Cc2[nH]c(=O)c(C(=O)NC3CCCC3)cc21. The van der Waals surface area contributed by atoms with Crippen LogP contribution in [0.1, 0.15) is 69.3 Å². The van der Waals surface area contributed by atoms with Crippen molar-refractivity contribution >= 4 is 23.0 Å². The van der Waals surface area contributed by atoms with E-state index in [-0.39, 0.29) is 29.2 Å². The first-order valence-corrected chi connectivity index (χ1v) is 9.63. The summed E-state index contributed by atoms with van der Waals surface area (Å²) in [6.07, 6.45) is 5.17. The Morgan fingerprint density at radius 3 is 2.72 bits per heavy atom. The molecule has 2 aromatic heterocycles. The number of hydrogen-bond donors (Lipinski definition) is 2. The van der Waals surface area contributed by atoms with Gasteiger partial charge in [0.15, 0.2) is 5.78 Å². The molecule has 1 fully saturated rings. The summed E-state index contributed by atoms with van der Waals surface area (Å²) in [6, 6.07) is 5.63. The molecule has 0 aromatic carbocycles. The maximum absolute atomic E-state index is 12.6. The van der Waals surface area contributed by atoms with Crippen LogP contribution in [-0.2, 0) is 6.42 Å². The lowest BCUT2D eigenvalue weighted by Crippen LogP contribution is -2.37. The minimum absolute atomic E-state index is 0.00850. The van der Waals surface area contributed by atoms with Gasteiger partial charge in [-0.1, -0.05) is 18.9 Å². The highest BCUT2D eigenvalue weighted by atomic mass is 32.1. The summed E-state index contributed by atoms with van der Waals surface area (Å²) in [4.78, 5) is 41.3. The van der Waals surface area contributed by atoms with Crippen LogP contribution in [0.25, 0.3) is 0 Å². The predicted octanol–water partition coefficient (Wildman–Crippen LogP) is 3.02. The molecule has 0 bridgehead atoms. The number of fused-ring (bicyclic) bond motifs is 1. The van der Waals surface area contributed by atoms with Crippen LogP contribution in [0.4, 0.5) is 0 Å². The Morgan fingerprint density at radius 2 is 2.00 bits per heavy atom. The third-order valence-corrected chi connectivity index (χ3v) is 6.22. The topological polar surface area (TPSA) is 79.0 Å². The van der Waals surface area contributed by atoms with Crippen LogP contribution in [0.5, 0.6) is 0 Å². The summed E-state index contributed by atoms with van der Waals surface area (Å²) >= 11 is 1.63.